The molecule has 0 saturated heterocycles. The predicted molar refractivity (Wildman–Crippen MR) is 55.0 cm³/mol. The molecule has 1 aromatic carbocycles. The molecule has 72 valence electrons. The summed E-state index contributed by atoms with van der Waals surface area (Å²) in [6, 6.07) is 7.36. The number of hydrogen-bond donors (Lipinski definition) is 2. The highest BCUT2D eigenvalue weighted by atomic mass is 35.5. The average Bonchev–Trinajstić information content (AvgIpc) is 2.67. The Morgan fingerprint density at radius 2 is 2.00 bits per heavy atom. The molecule has 0 unspecified atom stereocenters. The molecule has 0 aliphatic carbocycles. The lowest BCUT2D eigenvalue weighted by molar-refractivity contribution is 0.277. The van der Waals surface area contributed by atoms with Gasteiger partial charge < -0.3 is 10.1 Å². The van der Waals surface area contributed by atoms with Crippen molar-refractivity contribution in [3.05, 3.63) is 41.2 Å². The number of nitrogens with one attached hydrogen (secondary N) is 1. The summed E-state index contributed by atoms with van der Waals surface area (Å²) in [7, 11) is 0. The molecular weight excluding hydrogens is 200 g/mol. The van der Waals surface area contributed by atoms with Gasteiger partial charge in [0, 0.05) is 10.6 Å². The van der Waals surface area contributed by atoms with Crippen LogP contribution in [0.25, 0.3) is 11.4 Å². The Balaban J connectivity index is 2.34. The Kier molecular flexibility index (Phi) is 2.52. The molecule has 0 radical (unpaired) electrons. The molecule has 0 saturated carbocycles. The molecule has 2 rings (SSSR count). The highest BCUT2D eigenvalue weighted by Crippen LogP contribution is 2.18. The van der Waals surface area contributed by atoms with Crippen molar-refractivity contribution >= 4 is 11.6 Å². The van der Waals surface area contributed by atoms with Crippen molar-refractivity contribution < 1.29 is 5.11 Å². The van der Waals surface area contributed by atoms with Crippen LogP contribution in [0, 0.1) is 0 Å². The van der Waals surface area contributed by atoms with Gasteiger partial charge in [0.15, 0.2) is 0 Å². The number of aliphatic hydroxyl groups excluding tert-OH is 1. The fourth-order valence-corrected chi connectivity index (χ4v) is 1.32. The number of halogens is 1. The minimum absolute atomic E-state index is 0.0272. The van der Waals surface area contributed by atoms with Crippen LogP contribution in [0.4, 0.5) is 0 Å². The van der Waals surface area contributed by atoms with E-state index in [1.54, 1.807) is 18.3 Å². The van der Waals surface area contributed by atoms with Gasteiger partial charge in [-0.05, 0) is 24.3 Å². The molecular formula is C10H9ClN2O. The lowest BCUT2D eigenvalue weighted by Gasteiger charge is -1.96. The molecule has 4 heteroatoms. The van der Waals surface area contributed by atoms with E-state index in [1.807, 2.05) is 12.1 Å². The number of aromatic amines is 1. The van der Waals surface area contributed by atoms with E-state index in [2.05, 4.69) is 9.97 Å². The van der Waals surface area contributed by atoms with Gasteiger partial charge in [0.25, 0.3) is 0 Å². The van der Waals surface area contributed by atoms with Crippen LogP contribution in [-0.2, 0) is 6.61 Å². The number of rotatable bonds is 2. The van der Waals surface area contributed by atoms with E-state index in [4.69, 9.17) is 16.7 Å². The zero-order chi connectivity index (χ0) is 9.97. The van der Waals surface area contributed by atoms with Crippen LogP contribution in [0.1, 0.15) is 5.69 Å². The van der Waals surface area contributed by atoms with Gasteiger partial charge in [0.1, 0.15) is 5.82 Å². The number of nitrogens with zero attached hydrogens (tertiary/aromatic N) is 1. The van der Waals surface area contributed by atoms with E-state index in [-0.39, 0.29) is 6.61 Å². The van der Waals surface area contributed by atoms with E-state index in [9.17, 15) is 0 Å². The van der Waals surface area contributed by atoms with Crippen LogP contribution in [-0.4, -0.2) is 15.1 Å². The summed E-state index contributed by atoms with van der Waals surface area (Å²) in [5.74, 6) is 0.741. The van der Waals surface area contributed by atoms with Crippen LogP contribution in [0.5, 0.6) is 0 Å². The number of imidazole rings is 1. The average molecular weight is 209 g/mol. The summed E-state index contributed by atoms with van der Waals surface area (Å²) in [5, 5.41) is 9.55. The first-order valence-corrected chi connectivity index (χ1v) is 4.58. The number of benzene rings is 1. The van der Waals surface area contributed by atoms with E-state index in [0.717, 1.165) is 11.4 Å². The SMILES string of the molecule is OCc1cnc(-c2ccc(Cl)cc2)[nH]1. The summed E-state index contributed by atoms with van der Waals surface area (Å²) in [4.78, 5) is 7.12. The van der Waals surface area contributed by atoms with Gasteiger partial charge in [-0.15, -0.1) is 0 Å². The van der Waals surface area contributed by atoms with Crippen LogP contribution in [0.3, 0.4) is 0 Å². The molecule has 0 spiro atoms. The zero-order valence-electron chi connectivity index (χ0n) is 7.37. The fraction of sp³-hybridized carbons (Fsp3) is 0.100. The lowest BCUT2D eigenvalue weighted by atomic mass is 10.2. The summed E-state index contributed by atoms with van der Waals surface area (Å²) in [6.07, 6.45) is 1.62. The van der Waals surface area contributed by atoms with Crippen molar-refractivity contribution in [2.75, 3.05) is 0 Å². The Bertz CT molecular complexity index is 422. The van der Waals surface area contributed by atoms with Crippen LogP contribution in [0.2, 0.25) is 5.02 Å². The van der Waals surface area contributed by atoms with Crippen LogP contribution in [0.15, 0.2) is 30.5 Å². The maximum Gasteiger partial charge on any atom is 0.137 e. The second-order valence-electron chi connectivity index (χ2n) is 2.92. The van der Waals surface area contributed by atoms with Crippen molar-refractivity contribution in [3.63, 3.8) is 0 Å². The van der Waals surface area contributed by atoms with Gasteiger partial charge in [-0.3, -0.25) is 0 Å². The standard InChI is InChI=1S/C10H9ClN2O/c11-8-3-1-7(2-4-8)10-12-5-9(6-14)13-10/h1-5,14H,6H2,(H,12,13). The van der Waals surface area contributed by atoms with Crippen molar-refractivity contribution in [3.8, 4) is 11.4 Å². The number of aromatic nitrogens is 2. The van der Waals surface area contributed by atoms with E-state index >= 15 is 0 Å². The number of H-pyrrole nitrogens is 1. The fourth-order valence-electron chi connectivity index (χ4n) is 1.19. The van der Waals surface area contributed by atoms with Crippen molar-refractivity contribution in [2.24, 2.45) is 0 Å². The first kappa shape index (κ1) is 9.24. The van der Waals surface area contributed by atoms with Gasteiger partial charge >= 0.3 is 0 Å². The lowest BCUT2D eigenvalue weighted by Crippen LogP contribution is -1.83. The van der Waals surface area contributed by atoms with Crippen LogP contribution >= 0.6 is 11.6 Å². The molecule has 1 heterocycles. The Morgan fingerprint density at radius 3 is 2.57 bits per heavy atom. The largest absolute Gasteiger partial charge is 0.390 e. The third-order valence-electron chi connectivity index (χ3n) is 1.92. The minimum atomic E-state index is -0.0272. The second-order valence-corrected chi connectivity index (χ2v) is 3.36. The summed E-state index contributed by atoms with van der Waals surface area (Å²) >= 11 is 5.76. The van der Waals surface area contributed by atoms with E-state index < -0.39 is 0 Å². The molecule has 0 aliphatic rings. The molecule has 0 aliphatic heterocycles. The Morgan fingerprint density at radius 1 is 1.29 bits per heavy atom. The highest BCUT2D eigenvalue weighted by Gasteiger charge is 2.01. The van der Waals surface area contributed by atoms with Gasteiger partial charge in [0.05, 0.1) is 18.5 Å². The molecule has 0 fully saturated rings. The van der Waals surface area contributed by atoms with E-state index in [0.29, 0.717) is 10.7 Å². The molecule has 3 nitrogen and oxygen atoms in total. The first-order valence-electron chi connectivity index (χ1n) is 4.20. The molecule has 2 aromatic rings. The maximum absolute atomic E-state index is 8.85. The summed E-state index contributed by atoms with van der Waals surface area (Å²) < 4.78 is 0. The summed E-state index contributed by atoms with van der Waals surface area (Å²) in [6.45, 7) is -0.0272. The minimum Gasteiger partial charge on any atom is -0.390 e. The van der Waals surface area contributed by atoms with Gasteiger partial charge in [-0.1, -0.05) is 11.6 Å². The van der Waals surface area contributed by atoms with Crippen LogP contribution < -0.4 is 0 Å². The third kappa shape index (κ3) is 1.78. The van der Waals surface area contributed by atoms with Gasteiger partial charge in [0.2, 0.25) is 0 Å². The predicted octanol–water partition coefficient (Wildman–Crippen LogP) is 2.22. The van der Waals surface area contributed by atoms with E-state index in [1.165, 1.54) is 0 Å². The van der Waals surface area contributed by atoms with Crippen molar-refractivity contribution in [1.82, 2.24) is 9.97 Å². The maximum atomic E-state index is 8.85. The normalized spacial score (nSPS) is 10.4. The van der Waals surface area contributed by atoms with Gasteiger partial charge in [-0.25, -0.2) is 4.98 Å². The Hall–Kier alpha value is -1.32. The molecule has 2 N–H and O–H groups in total. The highest BCUT2D eigenvalue weighted by molar-refractivity contribution is 6.30. The third-order valence-corrected chi connectivity index (χ3v) is 2.17. The molecule has 1 aromatic heterocycles. The Labute approximate surface area is 86.4 Å². The zero-order valence-corrected chi connectivity index (χ0v) is 8.12. The smallest absolute Gasteiger partial charge is 0.137 e. The molecule has 0 atom stereocenters. The second kappa shape index (κ2) is 3.82. The number of hydrogen-bond acceptors (Lipinski definition) is 2. The first-order chi connectivity index (χ1) is 6.79. The quantitative estimate of drug-likeness (QED) is 0.795. The molecule has 14 heavy (non-hydrogen) atoms. The monoisotopic (exact) mass is 208 g/mol. The topological polar surface area (TPSA) is 48.9 Å². The molecule has 0 amide bonds. The van der Waals surface area contributed by atoms with Gasteiger partial charge in [-0.2, -0.15) is 0 Å². The molecule has 0 bridgehead atoms. The van der Waals surface area contributed by atoms with Crippen molar-refractivity contribution in [1.29, 1.82) is 0 Å². The number of aliphatic hydroxyl groups is 1. The summed E-state index contributed by atoms with van der Waals surface area (Å²) in [5.41, 5.74) is 1.66. The van der Waals surface area contributed by atoms with Crippen molar-refractivity contribution in [2.45, 2.75) is 6.61 Å².